The summed E-state index contributed by atoms with van der Waals surface area (Å²) in [4.78, 5) is 40.8. The summed E-state index contributed by atoms with van der Waals surface area (Å²) in [6, 6.07) is 6.82. The lowest BCUT2D eigenvalue weighted by molar-refractivity contribution is -0.114. The monoisotopic (exact) mass is 383 g/mol. The summed E-state index contributed by atoms with van der Waals surface area (Å²) < 4.78 is 1.86. The van der Waals surface area contributed by atoms with Crippen molar-refractivity contribution >= 4 is 29.1 Å². The maximum absolute atomic E-state index is 12.8. The third kappa shape index (κ3) is 4.39. The van der Waals surface area contributed by atoms with E-state index in [9.17, 15) is 14.4 Å². The van der Waals surface area contributed by atoms with E-state index in [4.69, 9.17) is 0 Å². The number of amides is 3. The van der Waals surface area contributed by atoms with E-state index in [0.29, 0.717) is 30.0 Å². The molecular formula is C20H25N5O3. The molecule has 0 radical (unpaired) electrons. The first-order chi connectivity index (χ1) is 13.3. The fraction of sp³-hybridized carbons (Fsp3) is 0.400. The maximum Gasteiger partial charge on any atom is 0.287 e. The van der Waals surface area contributed by atoms with Crippen molar-refractivity contribution in [3.63, 3.8) is 0 Å². The fourth-order valence-corrected chi connectivity index (χ4v) is 3.26. The molecule has 1 aliphatic rings. The van der Waals surface area contributed by atoms with Gasteiger partial charge in [0.25, 0.3) is 11.8 Å². The lowest BCUT2D eigenvalue weighted by Crippen LogP contribution is -2.33. The Labute approximate surface area is 163 Å². The van der Waals surface area contributed by atoms with E-state index < -0.39 is 0 Å². The van der Waals surface area contributed by atoms with Crippen molar-refractivity contribution in [1.29, 1.82) is 0 Å². The number of nitrogens with one attached hydrogen (secondary N) is 3. The number of hydrogen-bond acceptors (Lipinski definition) is 4. The topological polar surface area (TPSA) is 105 Å². The molecule has 0 bridgehead atoms. The molecule has 8 nitrogen and oxygen atoms in total. The Morgan fingerprint density at radius 3 is 2.25 bits per heavy atom. The molecule has 2 heterocycles. The molecule has 8 heteroatoms. The van der Waals surface area contributed by atoms with Gasteiger partial charge < -0.3 is 20.5 Å². The number of carbonyl (C=O) groups is 3. The number of rotatable bonds is 5. The zero-order chi connectivity index (χ0) is 20.3. The summed E-state index contributed by atoms with van der Waals surface area (Å²) in [5, 5.41) is 8.34. The molecule has 148 valence electrons. The van der Waals surface area contributed by atoms with Crippen molar-refractivity contribution < 1.29 is 14.4 Å². The van der Waals surface area contributed by atoms with E-state index in [0.717, 1.165) is 18.5 Å². The van der Waals surface area contributed by atoms with Crippen LogP contribution in [0, 0.1) is 0 Å². The van der Waals surface area contributed by atoms with Crippen molar-refractivity contribution in [1.82, 2.24) is 14.9 Å². The van der Waals surface area contributed by atoms with E-state index in [1.807, 2.05) is 18.4 Å². The summed E-state index contributed by atoms with van der Waals surface area (Å²) in [6.45, 7) is 5.89. The summed E-state index contributed by atoms with van der Waals surface area (Å²) in [6.07, 6.45) is 2.63. The van der Waals surface area contributed by atoms with Gasteiger partial charge in [-0.25, -0.2) is 4.98 Å². The van der Waals surface area contributed by atoms with E-state index in [-0.39, 0.29) is 29.6 Å². The second-order valence-corrected chi connectivity index (χ2v) is 7.18. The van der Waals surface area contributed by atoms with Gasteiger partial charge in [-0.3, -0.25) is 14.4 Å². The number of aromatic nitrogens is 2. The average Bonchev–Trinajstić information content (AvgIpc) is 3.02. The van der Waals surface area contributed by atoms with Crippen LogP contribution in [0.1, 0.15) is 60.4 Å². The number of benzene rings is 1. The molecule has 28 heavy (non-hydrogen) atoms. The van der Waals surface area contributed by atoms with E-state index in [1.165, 1.54) is 6.92 Å². The highest BCUT2D eigenvalue weighted by atomic mass is 16.2. The highest BCUT2D eigenvalue weighted by Crippen LogP contribution is 2.22. The molecule has 3 N–H and O–H groups in total. The number of fused-ring (bicyclic) bond motifs is 1. The van der Waals surface area contributed by atoms with Crippen molar-refractivity contribution in [3.05, 3.63) is 41.5 Å². The van der Waals surface area contributed by atoms with Crippen LogP contribution in [-0.2, 0) is 17.8 Å². The Morgan fingerprint density at radius 2 is 1.64 bits per heavy atom. The smallest absolute Gasteiger partial charge is 0.287 e. The van der Waals surface area contributed by atoms with Crippen LogP contribution in [0.25, 0.3) is 0 Å². The fourth-order valence-electron chi connectivity index (χ4n) is 3.26. The molecule has 1 aromatic heterocycles. The average molecular weight is 383 g/mol. The second-order valence-electron chi connectivity index (χ2n) is 7.18. The molecule has 3 rings (SSSR count). The molecule has 3 amide bonds. The number of hydrogen-bond donors (Lipinski definition) is 3. The van der Waals surface area contributed by atoms with Crippen molar-refractivity contribution in [3.8, 4) is 0 Å². The Kier molecular flexibility index (Phi) is 5.77. The highest BCUT2D eigenvalue weighted by molar-refractivity contribution is 6.05. The Bertz CT molecular complexity index is 899. The third-order valence-electron chi connectivity index (χ3n) is 4.42. The molecule has 2 aromatic rings. The van der Waals surface area contributed by atoms with Gasteiger partial charge in [0.15, 0.2) is 11.5 Å². The predicted molar refractivity (Wildman–Crippen MR) is 106 cm³/mol. The molecule has 0 atom stereocenters. The van der Waals surface area contributed by atoms with Crippen LogP contribution >= 0.6 is 0 Å². The Hall–Kier alpha value is -3.16. The normalized spacial score (nSPS) is 13.0. The lowest BCUT2D eigenvalue weighted by Gasteiger charge is -2.17. The molecule has 1 aliphatic heterocycles. The van der Waals surface area contributed by atoms with Crippen LogP contribution in [-0.4, -0.2) is 33.3 Å². The number of carbonyl (C=O) groups excluding carboxylic acids is 3. The molecule has 0 aliphatic carbocycles. The lowest BCUT2D eigenvalue weighted by atomic mass is 10.1. The van der Waals surface area contributed by atoms with Gasteiger partial charge in [-0.05, 0) is 57.4 Å². The molecule has 0 saturated heterocycles. The van der Waals surface area contributed by atoms with Crippen LogP contribution in [0.2, 0.25) is 0 Å². The zero-order valence-electron chi connectivity index (χ0n) is 16.3. The van der Waals surface area contributed by atoms with E-state index in [2.05, 4.69) is 20.9 Å². The van der Waals surface area contributed by atoms with Gasteiger partial charge >= 0.3 is 0 Å². The molecule has 0 saturated carbocycles. The Morgan fingerprint density at radius 1 is 1.00 bits per heavy atom. The van der Waals surface area contributed by atoms with Crippen LogP contribution < -0.4 is 16.0 Å². The number of anilines is 2. The summed E-state index contributed by atoms with van der Waals surface area (Å²) >= 11 is 0. The van der Waals surface area contributed by atoms with Crippen molar-refractivity contribution in [2.75, 3.05) is 10.6 Å². The van der Waals surface area contributed by atoms with Crippen LogP contribution in [0.5, 0.6) is 0 Å². The van der Waals surface area contributed by atoms with Gasteiger partial charge in [0, 0.05) is 30.9 Å². The second kappa shape index (κ2) is 8.24. The molecule has 0 spiro atoms. The minimum absolute atomic E-state index is 0.0107. The van der Waals surface area contributed by atoms with E-state index in [1.54, 1.807) is 24.3 Å². The number of imidazole rings is 1. The van der Waals surface area contributed by atoms with Gasteiger partial charge in [-0.1, -0.05) is 0 Å². The van der Waals surface area contributed by atoms with E-state index >= 15 is 0 Å². The maximum atomic E-state index is 12.8. The summed E-state index contributed by atoms with van der Waals surface area (Å²) in [7, 11) is 0. The largest absolute Gasteiger partial charge is 0.347 e. The standard InChI is InChI=1S/C20H25N5O3/c1-12(2)21-20(28)18-24-17(16-6-4-5-11-25(16)18)19(27)23-15-9-7-14(8-10-15)22-13(3)26/h7-10,12H,4-6,11H2,1-3H3,(H,21,28)(H,22,26)(H,23,27). The van der Waals surface area contributed by atoms with Crippen molar-refractivity contribution in [2.45, 2.75) is 52.6 Å². The highest BCUT2D eigenvalue weighted by Gasteiger charge is 2.27. The minimum Gasteiger partial charge on any atom is -0.347 e. The third-order valence-corrected chi connectivity index (χ3v) is 4.42. The van der Waals surface area contributed by atoms with Gasteiger partial charge in [0.1, 0.15) is 0 Å². The zero-order valence-corrected chi connectivity index (χ0v) is 16.3. The first-order valence-electron chi connectivity index (χ1n) is 9.44. The van der Waals surface area contributed by atoms with Crippen LogP contribution in [0.3, 0.4) is 0 Å². The quantitative estimate of drug-likeness (QED) is 0.738. The van der Waals surface area contributed by atoms with Gasteiger partial charge in [0.05, 0.1) is 5.69 Å². The first-order valence-corrected chi connectivity index (χ1v) is 9.44. The molecule has 0 unspecified atom stereocenters. The molecular weight excluding hydrogens is 358 g/mol. The Balaban J connectivity index is 1.82. The SMILES string of the molecule is CC(=O)Nc1ccc(NC(=O)c2nc(C(=O)NC(C)C)n3c2CCCC3)cc1. The first kappa shape index (κ1) is 19.6. The van der Waals surface area contributed by atoms with Gasteiger partial charge in [0.2, 0.25) is 5.91 Å². The summed E-state index contributed by atoms with van der Waals surface area (Å²) in [5.41, 5.74) is 2.33. The van der Waals surface area contributed by atoms with Crippen LogP contribution in [0.4, 0.5) is 11.4 Å². The van der Waals surface area contributed by atoms with Crippen molar-refractivity contribution in [2.24, 2.45) is 0 Å². The van der Waals surface area contributed by atoms with Crippen LogP contribution in [0.15, 0.2) is 24.3 Å². The number of nitrogens with zero attached hydrogens (tertiary/aromatic N) is 2. The predicted octanol–water partition coefficient (Wildman–Crippen LogP) is 2.57. The van der Waals surface area contributed by atoms with Gasteiger partial charge in [-0.15, -0.1) is 0 Å². The molecule has 0 fully saturated rings. The van der Waals surface area contributed by atoms with Gasteiger partial charge in [-0.2, -0.15) is 0 Å². The molecule has 1 aromatic carbocycles. The summed E-state index contributed by atoms with van der Waals surface area (Å²) in [5.74, 6) is -0.485. The minimum atomic E-state index is -0.346.